The molecule has 0 saturated heterocycles. The van der Waals surface area contributed by atoms with Crippen molar-refractivity contribution in [2.45, 2.75) is 13.8 Å². The highest BCUT2D eigenvalue weighted by atomic mass is 35.5. The van der Waals surface area contributed by atoms with E-state index >= 15 is 0 Å². The number of aryl methyl sites for hydroxylation is 2. The number of aromatic amines is 1. The zero-order valence-electron chi connectivity index (χ0n) is 15.7. The highest BCUT2D eigenvalue weighted by Gasteiger charge is 2.24. The largest absolute Gasteiger partial charge is 0.364 e. The number of nitrogens with one attached hydrogen (secondary N) is 2. The first-order chi connectivity index (χ1) is 13.8. The number of hydrogen-bond acceptors (Lipinski definition) is 4. The Morgan fingerprint density at radius 1 is 1.17 bits per heavy atom. The van der Waals surface area contributed by atoms with Crippen molar-refractivity contribution >= 4 is 40.1 Å². The number of rotatable bonds is 4. The van der Waals surface area contributed by atoms with E-state index in [-0.39, 0.29) is 11.4 Å². The number of nitrogens with two attached hydrogens (primary N) is 1. The molecule has 4 rings (SSSR count). The van der Waals surface area contributed by atoms with Gasteiger partial charge in [-0.25, -0.2) is 9.97 Å². The molecule has 0 aliphatic carbocycles. The van der Waals surface area contributed by atoms with E-state index in [0.29, 0.717) is 27.7 Å². The lowest BCUT2D eigenvalue weighted by molar-refractivity contribution is 0.0970. The van der Waals surface area contributed by atoms with E-state index in [4.69, 9.17) is 17.3 Å². The number of halogens is 1. The topological polar surface area (TPSA) is 119 Å². The molecule has 29 heavy (non-hydrogen) atoms. The molecule has 4 N–H and O–H groups in total. The molecule has 0 aliphatic rings. The van der Waals surface area contributed by atoms with Gasteiger partial charge in [-0.15, -0.1) is 0 Å². The number of fused-ring (bicyclic) bond motifs is 1. The smallest absolute Gasteiger partial charge is 0.276 e. The third-order valence-corrected chi connectivity index (χ3v) is 4.74. The second kappa shape index (κ2) is 7.06. The van der Waals surface area contributed by atoms with Crippen molar-refractivity contribution < 1.29 is 9.59 Å². The van der Waals surface area contributed by atoms with E-state index in [1.165, 1.54) is 10.9 Å². The average Bonchev–Trinajstić information content (AvgIpc) is 3.27. The SMILES string of the molecule is Cc1ccc(NC(=O)c2ncn(-c3nc4ccc(Cl)cc4[nH]3)c2C(N)=O)c(C)c1. The van der Waals surface area contributed by atoms with Gasteiger partial charge in [-0.2, -0.15) is 0 Å². The second-order valence-corrected chi connectivity index (χ2v) is 7.11. The summed E-state index contributed by atoms with van der Waals surface area (Å²) in [6.07, 6.45) is 1.33. The maximum Gasteiger partial charge on any atom is 0.276 e. The molecule has 2 aromatic heterocycles. The monoisotopic (exact) mass is 408 g/mol. The zero-order valence-corrected chi connectivity index (χ0v) is 16.4. The maximum atomic E-state index is 12.8. The average molecular weight is 409 g/mol. The fraction of sp³-hybridized carbons (Fsp3) is 0.100. The Morgan fingerprint density at radius 2 is 1.97 bits per heavy atom. The van der Waals surface area contributed by atoms with E-state index < -0.39 is 11.8 Å². The molecule has 4 aromatic rings. The minimum atomic E-state index is -0.799. The van der Waals surface area contributed by atoms with Crippen LogP contribution in [-0.4, -0.2) is 31.3 Å². The molecular weight excluding hydrogens is 392 g/mol. The van der Waals surface area contributed by atoms with Gasteiger partial charge in [0, 0.05) is 10.7 Å². The molecule has 0 radical (unpaired) electrons. The summed E-state index contributed by atoms with van der Waals surface area (Å²) in [6.45, 7) is 3.85. The van der Waals surface area contributed by atoms with Gasteiger partial charge in [0.25, 0.3) is 11.8 Å². The van der Waals surface area contributed by atoms with E-state index in [9.17, 15) is 9.59 Å². The summed E-state index contributed by atoms with van der Waals surface area (Å²) in [5.74, 6) is -1.04. The summed E-state index contributed by atoms with van der Waals surface area (Å²) < 4.78 is 1.35. The fourth-order valence-electron chi connectivity index (χ4n) is 3.13. The van der Waals surface area contributed by atoms with Gasteiger partial charge in [0.05, 0.1) is 11.0 Å². The second-order valence-electron chi connectivity index (χ2n) is 6.67. The number of amides is 2. The van der Waals surface area contributed by atoms with Crippen LogP contribution in [0, 0.1) is 13.8 Å². The Kier molecular flexibility index (Phi) is 4.56. The molecule has 0 atom stereocenters. The molecule has 2 aromatic carbocycles. The number of nitrogens with zero attached hydrogens (tertiary/aromatic N) is 3. The van der Waals surface area contributed by atoms with E-state index in [1.807, 2.05) is 26.0 Å². The highest BCUT2D eigenvalue weighted by Crippen LogP contribution is 2.22. The molecule has 0 unspecified atom stereocenters. The third kappa shape index (κ3) is 3.45. The fourth-order valence-corrected chi connectivity index (χ4v) is 3.30. The lowest BCUT2D eigenvalue weighted by Gasteiger charge is -2.09. The minimum absolute atomic E-state index is 0.0718. The van der Waals surface area contributed by atoms with Crippen LogP contribution in [0.15, 0.2) is 42.7 Å². The highest BCUT2D eigenvalue weighted by molar-refractivity contribution is 6.31. The molecule has 0 spiro atoms. The Hall–Kier alpha value is -3.65. The van der Waals surface area contributed by atoms with Gasteiger partial charge in [0.15, 0.2) is 5.69 Å². The van der Waals surface area contributed by atoms with Gasteiger partial charge < -0.3 is 16.0 Å². The first kappa shape index (κ1) is 18.7. The van der Waals surface area contributed by atoms with Crippen molar-refractivity contribution in [2.24, 2.45) is 5.73 Å². The summed E-state index contributed by atoms with van der Waals surface area (Å²) in [7, 11) is 0. The molecule has 0 saturated carbocycles. The van der Waals surface area contributed by atoms with Crippen LogP contribution >= 0.6 is 11.6 Å². The summed E-state index contributed by atoms with van der Waals surface area (Å²) in [6, 6.07) is 10.8. The van der Waals surface area contributed by atoms with E-state index in [0.717, 1.165) is 11.1 Å². The Bertz CT molecular complexity index is 1270. The van der Waals surface area contributed by atoms with Gasteiger partial charge >= 0.3 is 0 Å². The Morgan fingerprint density at radius 3 is 2.69 bits per heavy atom. The number of hydrogen-bond donors (Lipinski definition) is 3. The number of benzene rings is 2. The molecule has 9 heteroatoms. The lowest BCUT2D eigenvalue weighted by Crippen LogP contribution is -2.23. The number of H-pyrrole nitrogens is 1. The molecule has 146 valence electrons. The minimum Gasteiger partial charge on any atom is -0.364 e. The summed E-state index contributed by atoms with van der Waals surface area (Å²) in [5.41, 5.74) is 9.32. The molecule has 0 aliphatic heterocycles. The van der Waals surface area contributed by atoms with Crippen molar-refractivity contribution in [1.29, 1.82) is 0 Å². The summed E-state index contributed by atoms with van der Waals surface area (Å²) >= 11 is 6.01. The molecule has 2 heterocycles. The summed E-state index contributed by atoms with van der Waals surface area (Å²) in [4.78, 5) is 36.5. The van der Waals surface area contributed by atoms with Crippen molar-refractivity contribution in [3.8, 4) is 5.95 Å². The van der Waals surface area contributed by atoms with Crippen LogP contribution in [0.3, 0.4) is 0 Å². The molecule has 0 bridgehead atoms. The summed E-state index contributed by atoms with van der Waals surface area (Å²) in [5, 5.41) is 3.32. The quantitative estimate of drug-likeness (QED) is 0.479. The number of carbonyl (C=O) groups excluding carboxylic acids is 2. The van der Waals surface area contributed by atoms with Gasteiger partial charge in [-0.05, 0) is 43.7 Å². The van der Waals surface area contributed by atoms with Crippen molar-refractivity contribution in [3.05, 3.63) is 70.3 Å². The van der Waals surface area contributed by atoms with Gasteiger partial charge in [-0.1, -0.05) is 29.3 Å². The molecule has 2 amide bonds. The third-order valence-electron chi connectivity index (χ3n) is 4.51. The molecular formula is C20H17ClN6O2. The Balaban J connectivity index is 1.74. The van der Waals surface area contributed by atoms with Crippen molar-refractivity contribution in [3.63, 3.8) is 0 Å². The van der Waals surface area contributed by atoms with E-state index in [1.54, 1.807) is 24.3 Å². The van der Waals surface area contributed by atoms with Crippen LogP contribution in [-0.2, 0) is 0 Å². The number of carbonyl (C=O) groups is 2. The standard InChI is InChI=1S/C20H17ClN6O2/c1-10-3-5-13(11(2)7-10)24-19(29)16-17(18(22)28)27(9-23-16)20-25-14-6-4-12(21)8-15(14)26-20/h3-9H,1-2H3,(H2,22,28)(H,24,29)(H,25,26). The van der Waals surface area contributed by atoms with Crippen LogP contribution in [0.4, 0.5) is 5.69 Å². The predicted molar refractivity (Wildman–Crippen MR) is 111 cm³/mol. The van der Waals surface area contributed by atoms with Crippen LogP contribution < -0.4 is 11.1 Å². The lowest BCUT2D eigenvalue weighted by atomic mass is 10.1. The first-order valence-electron chi connectivity index (χ1n) is 8.75. The number of anilines is 1. The van der Waals surface area contributed by atoms with Crippen LogP contribution in [0.2, 0.25) is 5.02 Å². The van der Waals surface area contributed by atoms with Gasteiger partial charge in [-0.3, -0.25) is 14.2 Å². The van der Waals surface area contributed by atoms with Gasteiger partial charge in [0.2, 0.25) is 5.95 Å². The van der Waals surface area contributed by atoms with Crippen molar-refractivity contribution in [1.82, 2.24) is 19.5 Å². The number of imidazole rings is 2. The predicted octanol–water partition coefficient (Wildman–Crippen LogP) is 3.37. The normalized spacial score (nSPS) is 11.0. The molecule has 0 fully saturated rings. The van der Waals surface area contributed by atoms with Crippen molar-refractivity contribution in [2.75, 3.05) is 5.32 Å². The van der Waals surface area contributed by atoms with Crippen LogP contribution in [0.5, 0.6) is 0 Å². The van der Waals surface area contributed by atoms with Crippen LogP contribution in [0.1, 0.15) is 32.1 Å². The Labute approximate surface area is 170 Å². The maximum absolute atomic E-state index is 12.8. The number of primary amides is 1. The molecule has 8 nitrogen and oxygen atoms in total. The van der Waals surface area contributed by atoms with Crippen LogP contribution in [0.25, 0.3) is 17.0 Å². The van der Waals surface area contributed by atoms with Gasteiger partial charge in [0.1, 0.15) is 12.0 Å². The first-order valence-corrected chi connectivity index (χ1v) is 9.12. The zero-order chi connectivity index (χ0) is 20.7. The number of aromatic nitrogens is 4. The van der Waals surface area contributed by atoms with E-state index in [2.05, 4.69) is 20.3 Å².